The van der Waals surface area contributed by atoms with E-state index in [-0.39, 0.29) is 0 Å². The molecule has 0 unspecified atom stereocenters. The Labute approximate surface area is 88.8 Å². The molecule has 0 aromatic heterocycles. The molecule has 0 amide bonds. The van der Waals surface area contributed by atoms with Crippen LogP contribution in [0.2, 0.25) is 5.02 Å². The fraction of sp³-hybridized carbons (Fsp3) is 0.455. The molecule has 1 aliphatic heterocycles. The van der Waals surface area contributed by atoms with Crippen LogP contribution in [0.1, 0.15) is 5.56 Å². The van der Waals surface area contributed by atoms with Gasteiger partial charge in [0.05, 0.1) is 19.8 Å². The van der Waals surface area contributed by atoms with Crippen molar-refractivity contribution in [3.8, 4) is 5.75 Å². The van der Waals surface area contributed by atoms with E-state index in [1.54, 1.807) is 0 Å². The van der Waals surface area contributed by atoms with Gasteiger partial charge in [0.1, 0.15) is 5.75 Å². The SMILES string of the molecule is Cc1cc(OCC2COC2)ccc1Cl. The van der Waals surface area contributed by atoms with Crippen molar-refractivity contribution in [1.82, 2.24) is 0 Å². The van der Waals surface area contributed by atoms with Gasteiger partial charge in [0.25, 0.3) is 0 Å². The minimum Gasteiger partial charge on any atom is -0.493 e. The summed E-state index contributed by atoms with van der Waals surface area (Å²) < 4.78 is 10.7. The van der Waals surface area contributed by atoms with Crippen LogP contribution in [0.5, 0.6) is 5.75 Å². The van der Waals surface area contributed by atoms with Gasteiger partial charge >= 0.3 is 0 Å². The molecule has 2 rings (SSSR count). The average molecular weight is 213 g/mol. The molecule has 1 heterocycles. The van der Waals surface area contributed by atoms with E-state index in [2.05, 4.69) is 0 Å². The van der Waals surface area contributed by atoms with Crippen LogP contribution in [0.3, 0.4) is 0 Å². The first-order valence-electron chi connectivity index (χ1n) is 4.72. The van der Waals surface area contributed by atoms with Gasteiger partial charge in [0.15, 0.2) is 0 Å². The average Bonchev–Trinajstić information content (AvgIpc) is 2.08. The number of hydrogen-bond acceptors (Lipinski definition) is 2. The van der Waals surface area contributed by atoms with Gasteiger partial charge in [0, 0.05) is 10.9 Å². The maximum Gasteiger partial charge on any atom is 0.119 e. The summed E-state index contributed by atoms with van der Waals surface area (Å²) in [5, 5.41) is 0.782. The molecule has 0 saturated carbocycles. The molecule has 2 nitrogen and oxygen atoms in total. The van der Waals surface area contributed by atoms with Crippen LogP contribution in [0.4, 0.5) is 0 Å². The summed E-state index contributed by atoms with van der Waals surface area (Å²) in [5.41, 5.74) is 1.05. The lowest BCUT2D eigenvalue weighted by molar-refractivity contribution is -0.0508. The Hall–Kier alpha value is -0.730. The molecule has 0 atom stereocenters. The number of benzene rings is 1. The fourth-order valence-electron chi connectivity index (χ4n) is 1.30. The van der Waals surface area contributed by atoms with Gasteiger partial charge in [-0.05, 0) is 30.7 Å². The summed E-state index contributed by atoms with van der Waals surface area (Å²) in [6.07, 6.45) is 0. The second-order valence-corrected chi connectivity index (χ2v) is 4.03. The van der Waals surface area contributed by atoms with E-state index in [4.69, 9.17) is 21.1 Å². The van der Waals surface area contributed by atoms with Crippen molar-refractivity contribution < 1.29 is 9.47 Å². The molecule has 14 heavy (non-hydrogen) atoms. The molecule has 1 fully saturated rings. The topological polar surface area (TPSA) is 18.5 Å². The smallest absolute Gasteiger partial charge is 0.119 e. The first-order valence-corrected chi connectivity index (χ1v) is 5.10. The number of ether oxygens (including phenoxy) is 2. The zero-order chi connectivity index (χ0) is 9.97. The maximum atomic E-state index is 5.91. The predicted molar refractivity (Wildman–Crippen MR) is 56.0 cm³/mol. The van der Waals surface area contributed by atoms with E-state index in [1.807, 2.05) is 25.1 Å². The van der Waals surface area contributed by atoms with Gasteiger partial charge in [-0.2, -0.15) is 0 Å². The van der Waals surface area contributed by atoms with Crippen LogP contribution >= 0.6 is 11.6 Å². The second kappa shape index (κ2) is 4.20. The number of aryl methyl sites for hydroxylation is 1. The highest BCUT2D eigenvalue weighted by Gasteiger charge is 2.18. The molecular weight excluding hydrogens is 200 g/mol. The Morgan fingerprint density at radius 1 is 1.50 bits per heavy atom. The highest BCUT2D eigenvalue weighted by molar-refractivity contribution is 6.31. The highest BCUT2D eigenvalue weighted by atomic mass is 35.5. The lowest BCUT2D eigenvalue weighted by Gasteiger charge is -2.25. The molecule has 0 spiro atoms. The summed E-state index contributed by atoms with van der Waals surface area (Å²) in [7, 11) is 0. The Balaban J connectivity index is 1.91. The minimum absolute atomic E-state index is 0.561. The second-order valence-electron chi connectivity index (χ2n) is 3.63. The Morgan fingerprint density at radius 2 is 2.29 bits per heavy atom. The maximum absolute atomic E-state index is 5.91. The van der Waals surface area contributed by atoms with Gasteiger partial charge in [-0.25, -0.2) is 0 Å². The number of halogens is 1. The standard InChI is InChI=1S/C11H13ClO2/c1-8-4-10(2-3-11(8)12)14-7-9-5-13-6-9/h2-4,9H,5-7H2,1H3. The van der Waals surface area contributed by atoms with Crippen LogP contribution in [-0.2, 0) is 4.74 Å². The molecule has 0 radical (unpaired) electrons. The van der Waals surface area contributed by atoms with Gasteiger partial charge in [-0.15, -0.1) is 0 Å². The largest absolute Gasteiger partial charge is 0.493 e. The lowest BCUT2D eigenvalue weighted by atomic mass is 10.1. The molecule has 1 aromatic carbocycles. The third-order valence-electron chi connectivity index (χ3n) is 2.32. The van der Waals surface area contributed by atoms with Crippen LogP contribution in [0.25, 0.3) is 0 Å². The van der Waals surface area contributed by atoms with Gasteiger partial charge in [0.2, 0.25) is 0 Å². The Kier molecular flexibility index (Phi) is 2.94. The summed E-state index contributed by atoms with van der Waals surface area (Å²) in [4.78, 5) is 0. The van der Waals surface area contributed by atoms with Crippen molar-refractivity contribution in [3.63, 3.8) is 0 Å². The molecule has 1 aliphatic rings. The van der Waals surface area contributed by atoms with Crippen LogP contribution in [0, 0.1) is 12.8 Å². The summed E-state index contributed by atoms with van der Waals surface area (Å²) in [6.45, 7) is 4.36. The lowest BCUT2D eigenvalue weighted by Crippen LogP contribution is -2.32. The van der Waals surface area contributed by atoms with Crippen molar-refractivity contribution in [2.24, 2.45) is 5.92 Å². The van der Waals surface area contributed by atoms with E-state index in [1.165, 1.54) is 0 Å². The normalized spacial score (nSPS) is 16.4. The summed E-state index contributed by atoms with van der Waals surface area (Å²) in [6, 6.07) is 5.72. The molecule has 0 aliphatic carbocycles. The van der Waals surface area contributed by atoms with Crippen molar-refractivity contribution >= 4 is 11.6 Å². The molecule has 0 bridgehead atoms. The monoisotopic (exact) mass is 212 g/mol. The van der Waals surface area contributed by atoms with Crippen LogP contribution < -0.4 is 4.74 Å². The minimum atomic E-state index is 0.561. The first-order chi connectivity index (χ1) is 6.75. The van der Waals surface area contributed by atoms with Gasteiger partial charge in [-0.3, -0.25) is 0 Å². The molecule has 0 N–H and O–H groups in total. The van der Waals surface area contributed by atoms with Crippen LogP contribution in [0.15, 0.2) is 18.2 Å². The molecule has 1 aromatic rings. The third-order valence-corrected chi connectivity index (χ3v) is 2.75. The van der Waals surface area contributed by atoms with E-state index in [9.17, 15) is 0 Å². The van der Waals surface area contributed by atoms with Crippen molar-refractivity contribution in [1.29, 1.82) is 0 Å². The first kappa shape index (κ1) is 9.81. The third kappa shape index (κ3) is 2.20. The molecule has 1 saturated heterocycles. The molecule has 76 valence electrons. The highest BCUT2D eigenvalue weighted by Crippen LogP contribution is 2.22. The zero-order valence-electron chi connectivity index (χ0n) is 8.13. The Bertz CT molecular complexity index is 321. The Morgan fingerprint density at radius 3 is 2.86 bits per heavy atom. The summed E-state index contributed by atoms with van der Waals surface area (Å²) in [5.74, 6) is 1.45. The van der Waals surface area contributed by atoms with E-state index < -0.39 is 0 Å². The quantitative estimate of drug-likeness (QED) is 0.767. The number of rotatable bonds is 3. The van der Waals surface area contributed by atoms with Crippen LogP contribution in [-0.4, -0.2) is 19.8 Å². The van der Waals surface area contributed by atoms with E-state index in [0.717, 1.165) is 36.2 Å². The summed E-state index contributed by atoms with van der Waals surface area (Å²) >= 11 is 5.91. The van der Waals surface area contributed by atoms with Gasteiger partial charge in [-0.1, -0.05) is 11.6 Å². The van der Waals surface area contributed by atoms with E-state index >= 15 is 0 Å². The molecular formula is C11H13ClO2. The predicted octanol–water partition coefficient (Wildman–Crippen LogP) is 2.67. The number of hydrogen-bond donors (Lipinski definition) is 0. The zero-order valence-corrected chi connectivity index (χ0v) is 8.88. The van der Waals surface area contributed by atoms with Crippen molar-refractivity contribution in [2.75, 3.05) is 19.8 Å². The fourth-order valence-corrected chi connectivity index (χ4v) is 1.42. The molecule has 3 heteroatoms. The van der Waals surface area contributed by atoms with Crippen molar-refractivity contribution in [3.05, 3.63) is 28.8 Å². The van der Waals surface area contributed by atoms with Gasteiger partial charge < -0.3 is 9.47 Å². The van der Waals surface area contributed by atoms with E-state index in [0.29, 0.717) is 5.92 Å². The van der Waals surface area contributed by atoms with Crippen molar-refractivity contribution in [2.45, 2.75) is 6.92 Å².